The normalized spacial score (nSPS) is 20.4. The molecule has 27 heavy (non-hydrogen) atoms. The van der Waals surface area contributed by atoms with Crippen LogP contribution in [0.1, 0.15) is 30.1 Å². The molecule has 1 aromatic carbocycles. The van der Waals surface area contributed by atoms with Gasteiger partial charge in [0, 0.05) is 19.6 Å². The van der Waals surface area contributed by atoms with E-state index in [0.717, 1.165) is 25.1 Å². The van der Waals surface area contributed by atoms with Crippen molar-refractivity contribution in [2.75, 3.05) is 32.6 Å². The minimum absolute atomic E-state index is 0.0580. The van der Waals surface area contributed by atoms with E-state index in [-0.39, 0.29) is 16.7 Å². The van der Waals surface area contributed by atoms with E-state index in [4.69, 9.17) is 4.74 Å². The summed E-state index contributed by atoms with van der Waals surface area (Å²) >= 11 is 0. The van der Waals surface area contributed by atoms with E-state index in [1.54, 1.807) is 25.8 Å². The summed E-state index contributed by atoms with van der Waals surface area (Å²) in [6, 6.07) is 8.43. The van der Waals surface area contributed by atoms with Crippen molar-refractivity contribution >= 4 is 11.5 Å². The molecule has 1 saturated heterocycles. The number of hydrogen-bond donors (Lipinski definition) is 1. The number of aryl methyl sites for hydroxylation is 2. The SMILES string of the molecule is COc1ccc(C2C(CNc3c([N+](=O)[O-])c(C)nn3C)CCCN2C)cc1. The summed E-state index contributed by atoms with van der Waals surface area (Å²) < 4.78 is 6.83. The predicted molar refractivity (Wildman–Crippen MR) is 104 cm³/mol. The summed E-state index contributed by atoms with van der Waals surface area (Å²) in [5.74, 6) is 1.65. The second-order valence-corrected chi connectivity index (χ2v) is 7.15. The van der Waals surface area contributed by atoms with Crippen LogP contribution in [0.2, 0.25) is 0 Å². The lowest BCUT2D eigenvalue weighted by Gasteiger charge is -2.39. The molecule has 1 aliphatic heterocycles. The molecule has 2 aromatic rings. The molecule has 1 N–H and O–H groups in total. The van der Waals surface area contributed by atoms with Gasteiger partial charge < -0.3 is 10.1 Å². The van der Waals surface area contributed by atoms with Crippen LogP contribution in [-0.4, -0.2) is 46.9 Å². The number of hydrogen-bond acceptors (Lipinski definition) is 6. The van der Waals surface area contributed by atoms with Gasteiger partial charge in [0.2, 0.25) is 5.82 Å². The van der Waals surface area contributed by atoms with E-state index in [0.29, 0.717) is 24.0 Å². The Kier molecular flexibility index (Phi) is 5.65. The Labute approximate surface area is 159 Å². The summed E-state index contributed by atoms with van der Waals surface area (Å²) in [5, 5.41) is 18.9. The molecule has 3 rings (SSSR count). The monoisotopic (exact) mass is 373 g/mol. The third-order valence-corrected chi connectivity index (χ3v) is 5.37. The van der Waals surface area contributed by atoms with Crippen molar-refractivity contribution in [3.63, 3.8) is 0 Å². The zero-order valence-corrected chi connectivity index (χ0v) is 16.3. The zero-order valence-electron chi connectivity index (χ0n) is 16.3. The van der Waals surface area contributed by atoms with Crippen molar-refractivity contribution in [3.05, 3.63) is 45.6 Å². The number of aromatic nitrogens is 2. The third kappa shape index (κ3) is 3.90. The number of piperidine rings is 1. The van der Waals surface area contributed by atoms with Crippen LogP contribution in [0.5, 0.6) is 5.75 Å². The van der Waals surface area contributed by atoms with Crippen molar-refractivity contribution < 1.29 is 9.66 Å². The molecule has 8 nitrogen and oxygen atoms in total. The number of ether oxygens (including phenoxy) is 1. The Morgan fingerprint density at radius 1 is 1.33 bits per heavy atom. The Morgan fingerprint density at radius 3 is 2.67 bits per heavy atom. The molecule has 2 atom stereocenters. The second-order valence-electron chi connectivity index (χ2n) is 7.15. The smallest absolute Gasteiger partial charge is 0.333 e. The van der Waals surface area contributed by atoms with Gasteiger partial charge in [-0.15, -0.1) is 0 Å². The first-order chi connectivity index (χ1) is 12.9. The van der Waals surface area contributed by atoms with Gasteiger partial charge in [-0.2, -0.15) is 5.10 Å². The zero-order chi connectivity index (χ0) is 19.6. The lowest BCUT2D eigenvalue weighted by molar-refractivity contribution is -0.384. The van der Waals surface area contributed by atoms with Gasteiger partial charge >= 0.3 is 5.69 Å². The first-order valence-corrected chi connectivity index (χ1v) is 9.18. The molecule has 8 heteroatoms. The first-order valence-electron chi connectivity index (χ1n) is 9.18. The first kappa shape index (κ1) is 19.2. The highest BCUT2D eigenvalue weighted by Crippen LogP contribution is 2.36. The number of likely N-dealkylation sites (tertiary alicyclic amines) is 1. The van der Waals surface area contributed by atoms with Crippen LogP contribution in [0.15, 0.2) is 24.3 Å². The molecule has 146 valence electrons. The fraction of sp³-hybridized carbons (Fsp3) is 0.526. The van der Waals surface area contributed by atoms with Crippen molar-refractivity contribution in [2.45, 2.75) is 25.8 Å². The minimum atomic E-state index is -0.362. The van der Waals surface area contributed by atoms with Crippen LogP contribution in [0.3, 0.4) is 0 Å². The summed E-state index contributed by atoms with van der Waals surface area (Å²) in [6.07, 6.45) is 2.18. The van der Waals surface area contributed by atoms with E-state index >= 15 is 0 Å². The third-order valence-electron chi connectivity index (χ3n) is 5.37. The minimum Gasteiger partial charge on any atom is -0.497 e. The van der Waals surface area contributed by atoms with Gasteiger partial charge in [-0.05, 0) is 57.0 Å². The lowest BCUT2D eigenvalue weighted by Crippen LogP contribution is -2.39. The highest BCUT2D eigenvalue weighted by atomic mass is 16.6. The Bertz CT molecular complexity index is 802. The molecule has 1 aromatic heterocycles. The fourth-order valence-corrected chi connectivity index (χ4v) is 4.09. The highest BCUT2D eigenvalue weighted by molar-refractivity contribution is 5.59. The summed E-state index contributed by atoms with van der Waals surface area (Å²) in [4.78, 5) is 13.4. The number of anilines is 1. The Balaban J connectivity index is 1.81. The molecule has 2 unspecified atom stereocenters. The topological polar surface area (TPSA) is 85.5 Å². The number of methoxy groups -OCH3 is 1. The average Bonchev–Trinajstić information content (AvgIpc) is 2.93. The maximum atomic E-state index is 11.4. The number of nitrogens with zero attached hydrogens (tertiary/aromatic N) is 4. The van der Waals surface area contributed by atoms with Crippen molar-refractivity contribution in [3.8, 4) is 5.75 Å². The summed E-state index contributed by atoms with van der Waals surface area (Å²) in [5.41, 5.74) is 1.72. The van der Waals surface area contributed by atoms with E-state index in [9.17, 15) is 10.1 Å². The molecule has 1 aliphatic rings. The van der Waals surface area contributed by atoms with Crippen LogP contribution in [0.25, 0.3) is 0 Å². The van der Waals surface area contributed by atoms with Crippen LogP contribution in [0, 0.1) is 23.0 Å². The number of rotatable bonds is 6. The Morgan fingerprint density at radius 2 is 2.04 bits per heavy atom. The second kappa shape index (κ2) is 7.96. The molecule has 0 bridgehead atoms. The number of benzene rings is 1. The van der Waals surface area contributed by atoms with Gasteiger partial charge in [0.25, 0.3) is 0 Å². The maximum absolute atomic E-state index is 11.4. The molecule has 0 saturated carbocycles. The molecule has 0 amide bonds. The van der Waals surface area contributed by atoms with Crippen LogP contribution in [-0.2, 0) is 7.05 Å². The van der Waals surface area contributed by atoms with E-state index in [1.165, 1.54) is 5.56 Å². The number of nitro groups is 1. The van der Waals surface area contributed by atoms with E-state index < -0.39 is 0 Å². The van der Waals surface area contributed by atoms with Gasteiger partial charge in [0.15, 0.2) is 0 Å². The van der Waals surface area contributed by atoms with Gasteiger partial charge in [-0.1, -0.05) is 12.1 Å². The van der Waals surface area contributed by atoms with E-state index in [2.05, 4.69) is 34.5 Å². The van der Waals surface area contributed by atoms with Crippen molar-refractivity contribution in [2.24, 2.45) is 13.0 Å². The standard InChI is InChI=1S/C19H27N5O3/c1-13-17(24(25)26)19(23(3)21-13)20-12-15-6-5-11-22(2)18(15)14-7-9-16(27-4)10-8-14/h7-10,15,18,20H,5-6,11-12H2,1-4H3. The molecule has 0 aliphatic carbocycles. The highest BCUT2D eigenvalue weighted by Gasteiger charge is 2.32. The molecule has 1 fully saturated rings. The van der Waals surface area contributed by atoms with Crippen LogP contribution < -0.4 is 10.1 Å². The molecule has 0 spiro atoms. The Hall–Kier alpha value is -2.61. The van der Waals surface area contributed by atoms with Crippen LogP contribution in [0.4, 0.5) is 11.5 Å². The predicted octanol–water partition coefficient (Wildman–Crippen LogP) is 3.14. The van der Waals surface area contributed by atoms with E-state index in [1.807, 2.05) is 12.1 Å². The van der Waals surface area contributed by atoms with Gasteiger partial charge in [-0.25, -0.2) is 4.68 Å². The summed E-state index contributed by atoms with van der Waals surface area (Å²) in [6.45, 7) is 3.36. The molecule has 0 radical (unpaired) electrons. The lowest BCUT2D eigenvalue weighted by atomic mass is 9.85. The molecule has 2 heterocycles. The number of nitrogens with one attached hydrogen (secondary N) is 1. The quantitative estimate of drug-likeness (QED) is 0.618. The molecular formula is C19H27N5O3. The maximum Gasteiger partial charge on any atom is 0.333 e. The van der Waals surface area contributed by atoms with Gasteiger partial charge in [0.05, 0.1) is 12.0 Å². The van der Waals surface area contributed by atoms with Crippen LogP contribution >= 0.6 is 0 Å². The molecular weight excluding hydrogens is 346 g/mol. The fourth-order valence-electron chi connectivity index (χ4n) is 4.09. The largest absolute Gasteiger partial charge is 0.497 e. The summed E-state index contributed by atoms with van der Waals surface area (Å²) in [7, 11) is 5.53. The van der Waals surface area contributed by atoms with Crippen molar-refractivity contribution in [1.29, 1.82) is 0 Å². The van der Waals surface area contributed by atoms with Gasteiger partial charge in [0.1, 0.15) is 11.4 Å². The van der Waals surface area contributed by atoms with Crippen molar-refractivity contribution in [1.82, 2.24) is 14.7 Å². The average molecular weight is 373 g/mol. The van der Waals surface area contributed by atoms with Gasteiger partial charge in [-0.3, -0.25) is 15.0 Å².